The maximum atomic E-state index is 13.0. The van der Waals surface area contributed by atoms with Gasteiger partial charge in [-0.1, -0.05) is 59.1 Å². The summed E-state index contributed by atoms with van der Waals surface area (Å²) in [5.41, 5.74) is 3.99. The van der Waals surface area contributed by atoms with Gasteiger partial charge in [0, 0.05) is 18.6 Å². The highest BCUT2D eigenvalue weighted by atomic mass is 35.5. The van der Waals surface area contributed by atoms with Crippen molar-refractivity contribution in [1.29, 1.82) is 0 Å². The Labute approximate surface area is 160 Å². The van der Waals surface area contributed by atoms with E-state index in [2.05, 4.69) is 11.4 Å². The van der Waals surface area contributed by atoms with Gasteiger partial charge in [0.2, 0.25) is 11.8 Å². The highest BCUT2D eigenvalue weighted by Gasteiger charge is 2.26. The lowest BCUT2D eigenvalue weighted by Crippen LogP contribution is -2.47. The van der Waals surface area contributed by atoms with Crippen LogP contribution in [0.5, 0.6) is 0 Å². The minimum Gasteiger partial charge on any atom is -0.357 e. The predicted molar refractivity (Wildman–Crippen MR) is 105 cm³/mol. The van der Waals surface area contributed by atoms with Crippen LogP contribution in [0, 0.1) is 13.8 Å². The number of likely N-dealkylation sites (N-methyl/N-ethyl adjacent to an activating group) is 1. The van der Waals surface area contributed by atoms with Crippen LogP contribution in [0.15, 0.2) is 42.5 Å². The van der Waals surface area contributed by atoms with Crippen molar-refractivity contribution in [2.75, 3.05) is 7.05 Å². The van der Waals surface area contributed by atoms with Gasteiger partial charge in [-0.05, 0) is 38.0 Å². The summed E-state index contributed by atoms with van der Waals surface area (Å²) in [4.78, 5) is 26.8. The molecule has 1 atom stereocenters. The summed E-state index contributed by atoms with van der Waals surface area (Å²) in [7, 11) is 1.57. The first-order valence-electron chi connectivity index (χ1n) is 8.63. The van der Waals surface area contributed by atoms with Crippen molar-refractivity contribution >= 4 is 23.4 Å². The van der Waals surface area contributed by atoms with E-state index in [-0.39, 0.29) is 24.8 Å². The van der Waals surface area contributed by atoms with Crippen LogP contribution < -0.4 is 5.32 Å². The van der Waals surface area contributed by atoms with Gasteiger partial charge >= 0.3 is 0 Å². The number of carbonyl (C=O) groups is 2. The molecule has 0 saturated heterocycles. The second kappa shape index (κ2) is 8.86. The number of amides is 2. The molecule has 0 aliphatic carbocycles. The molecule has 2 amide bonds. The minimum absolute atomic E-state index is 0.106. The lowest BCUT2D eigenvalue weighted by atomic mass is 10.0. The van der Waals surface area contributed by atoms with Crippen LogP contribution in [0.3, 0.4) is 0 Å². The molecule has 2 aromatic rings. The summed E-state index contributed by atoms with van der Waals surface area (Å²) < 4.78 is 0. The smallest absolute Gasteiger partial charge is 0.242 e. The molecule has 26 heavy (non-hydrogen) atoms. The summed E-state index contributed by atoms with van der Waals surface area (Å²) in [5, 5.41) is 3.20. The second-order valence-corrected chi connectivity index (χ2v) is 6.98. The number of nitrogens with one attached hydrogen (secondary N) is 1. The topological polar surface area (TPSA) is 49.4 Å². The zero-order chi connectivity index (χ0) is 19.3. The molecule has 0 bridgehead atoms. The molecule has 0 aliphatic rings. The van der Waals surface area contributed by atoms with Gasteiger partial charge < -0.3 is 10.2 Å². The summed E-state index contributed by atoms with van der Waals surface area (Å²) in [5.74, 6) is -0.308. The zero-order valence-corrected chi connectivity index (χ0v) is 16.4. The summed E-state index contributed by atoms with van der Waals surface area (Å²) in [6.45, 7) is 6.04. The maximum absolute atomic E-state index is 13.0. The number of rotatable bonds is 6. The molecule has 0 spiro atoms. The third kappa shape index (κ3) is 5.09. The minimum atomic E-state index is -0.588. The van der Waals surface area contributed by atoms with Crippen LogP contribution in [-0.4, -0.2) is 29.8 Å². The fourth-order valence-corrected chi connectivity index (χ4v) is 3.24. The molecule has 1 N–H and O–H groups in total. The first-order chi connectivity index (χ1) is 12.3. The molecule has 0 heterocycles. The Balaban J connectivity index is 2.28. The maximum Gasteiger partial charge on any atom is 0.242 e. The van der Waals surface area contributed by atoms with E-state index in [1.807, 2.05) is 44.2 Å². The normalized spacial score (nSPS) is 11.7. The second-order valence-electron chi connectivity index (χ2n) is 6.58. The van der Waals surface area contributed by atoms with Crippen molar-refractivity contribution in [2.24, 2.45) is 0 Å². The van der Waals surface area contributed by atoms with Gasteiger partial charge in [0.25, 0.3) is 0 Å². The molecule has 0 unspecified atom stereocenters. The van der Waals surface area contributed by atoms with Crippen LogP contribution in [0.4, 0.5) is 0 Å². The molecule has 2 aromatic carbocycles. The van der Waals surface area contributed by atoms with E-state index in [1.54, 1.807) is 24.9 Å². The van der Waals surface area contributed by atoms with Gasteiger partial charge in [0.1, 0.15) is 6.04 Å². The summed E-state index contributed by atoms with van der Waals surface area (Å²) in [6.07, 6.45) is 0.244. The van der Waals surface area contributed by atoms with Gasteiger partial charge in [-0.25, -0.2) is 0 Å². The Bertz CT molecular complexity index is 784. The van der Waals surface area contributed by atoms with Crippen molar-refractivity contribution in [2.45, 2.75) is 39.8 Å². The third-order valence-electron chi connectivity index (χ3n) is 4.35. The van der Waals surface area contributed by atoms with Gasteiger partial charge in [0.15, 0.2) is 0 Å². The van der Waals surface area contributed by atoms with Gasteiger partial charge in [0.05, 0.1) is 6.42 Å². The number of benzene rings is 2. The lowest BCUT2D eigenvalue weighted by molar-refractivity contribution is -0.139. The lowest BCUT2D eigenvalue weighted by Gasteiger charge is -2.29. The van der Waals surface area contributed by atoms with E-state index < -0.39 is 6.04 Å². The molecular weight excluding hydrogens is 348 g/mol. The molecule has 0 fully saturated rings. The SMILES string of the molecule is CNC(=O)[C@@H](C)N(Cc1ccccc1Cl)C(=O)Cc1cc(C)cc(C)c1. The van der Waals surface area contributed by atoms with E-state index in [0.29, 0.717) is 5.02 Å². The zero-order valence-electron chi connectivity index (χ0n) is 15.7. The molecule has 5 heteroatoms. The number of carbonyl (C=O) groups excluding carboxylic acids is 2. The summed E-state index contributed by atoms with van der Waals surface area (Å²) >= 11 is 6.25. The Morgan fingerprint density at radius 1 is 1.12 bits per heavy atom. The fourth-order valence-electron chi connectivity index (χ4n) is 3.05. The monoisotopic (exact) mass is 372 g/mol. The number of aryl methyl sites for hydroxylation is 2. The number of hydrogen-bond donors (Lipinski definition) is 1. The molecule has 138 valence electrons. The Kier molecular flexibility index (Phi) is 6.81. The first kappa shape index (κ1) is 20.0. The van der Waals surface area contributed by atoms with Crippen molar-refractivity contribution in [1.82, 2.24) is 10.2 Å². The van der Waals surface area contributed by atoms with Crippen LogP contribution >= 0.6 is 11.6 Å². The first-order valence-corrected chi connectivity index (χ1v) is 9.01. The highest BCUT2D eigenvalue weighted by molar-refractivity contribution is 6.31. The molecule has 0 aliphatic heterocycles. The van der Waals surface area contributed by atoms with E-state index in [0.717, 1.165) is 22.3 Å². The Morgan fingerprint density at radius 2 is 1.73 bits per heavy atom. The van der Waals surface area contributed by atoms with Crippen molar-refractivity contribution < 1.29 is 9.59 Å². The van der Waals surface area contributed by atoms with E-state index in [1.165, 1.54) is 0 Å². The van der Waals surface area contributed by atoms with Crippen molar-refractivity contribution in [3.8, 4) is 0 Å². The summed E-state index contributed by atoms with van der Waals surface area (Å²) in [6, 6.07) is 12.9. The predicted octanol–water partition coefficient (Wildman–Crippen LogP) is 3.66. The highest BCUT2D eigenvalue weighted by Crippen LogP contribution is 2.20. The molecule has 0 radical (unpaired) electrons. The van der Waals surface area contributed by atoms with Crippen LogP contribution in [0.2, 0.25) is 5.02 Å². The standard InChI is InChI=1S/C21H25ClN2O2/c1-14-9-15(2)11-17(10-14)12-20(25)24(16(3)21(26)23-4)13-18-7-5-6-8-19(18)22/h5-11,16H,12-13H2,1-4H3,(H,23,26)/t16-/m1/s1. The molecule has 0 aromatic heterocycles. The van der Waals surface area contributed by atoms with E-state index in [4.69, 9.17) is 11.6 Å². The number of nitrogens with zero attached hydrogens (tertiary/aromatic N) is 1. The number of hydrogen-bond acceptors (Lipinski definition) is 2. The third-order valence-corrected chi connectivity index (χ3v) is 4.72. The molecule has 0 saturated carbocycles. The van der Waals surface area contributed by atoms with Crippen molar-refractivity contribution in [3.63, 3.8) is 0 Å². The van der Waals surface area contributed by atoms with Crippen LogP contribution in [0.1, 0.15) is 29.2 Å². The molecule has 2 rings (SSSR count). The van der Waals surface area contributed by atoms with Gasteiger partial charge in [-0.15, -0.1) is 0 Å². The largest absolute Gasteiger partial charge is 0.357 e. The molecule has 4 nitrogen and oxygen atoms in total. The van der Waals surface area contributed by atoms with Gasteiger partial charge in [-0.2, -0.15) is 0 Å². The van der Waals surface area contributed by atoms with E-state index in [9.17, 15) is 9.59 Å². The van der Waals surface area contributed by atoms with Gasteiger partial charge in [-0.3, -0.25) is 9.59 Å². The Hall–Kier alpha value is -2.33. The fraction of sp³-hybridized carbons (Fsp3) is 0.333. The average Bonchev–Trinajstić information content (AvgIpc) is 2.58. The Morgan fingerprint density at radius 3 is 2.31 bits per heavy atom. The van der Waals surface area contributed by atoms with Crippen LogP contribution in [0.25, 0.3) is 0 Å². The van der Waals surface area contributed by atoms with E-state index >= 15 is 0 Å². The van der Waals surface area contributed by atoms with Crippen LogP contribution in [-0.2, 0) is 22.6 Å². The van der Waals surface area contributed by atoms with Crippen molar-refractivity contribution in [3.05, 3.63) is 69.7 Å². The molecular formula is C21H25ClN2O2. The number of halogens is 1. The average molecular weight is 373 g/mol. The quantitative estimate of drug-likeness (QED) is 0.841.